The normalized spacial score (nSPS) is 29.8. The molecule has 0 aromatic rings. The third-order valence-corrected chi connectivity index (χ3v) is 6.40. The van der Waals surface area contributed by atoms with E-state index in [-0.39, 0.29) is 0 Å². The number of hydrogen-bond acceptors (Lipinski definition) is 1. The summed E-state index contributed by atoms with van der Waals surface area (Å²) in [6.07, 6.45) is 26.9. The molecule has 2 aliphatic carbocycles. The van der Waals surface area contributed by atoms with Crippen LogP contribution in [0.25, 0.3) is 0 Å². The molecule has 146 valence electrons. The summed E-state index contributed by atoms with van der Waals surface area (Å²) in [4.78, 5) is 0. The third-order valence-electron chi connectivity index (χ3n) is 6.40. The second-order valence-corrected chi connectivity index (χ2v) is 8.41. The Balaban J connectivity index is 1.57. The van der Waals surface area contributed by atoms with Crippen LogP contribution in [-0.4, -0.2) is 13.2 Å². The average molecular weight is 357 g/mol. The molecule has 0 aromatic heterocycles. The van der Waals surface area contributed by atoms with Gasteiger partial charge in [-0.15, -0.1) is 0 Å². The Morgan fingerprint density at radius 3 is 1.88 bits per heavy atom. The number of unbranched alkanes of at least 4 members (excludes halogenated alkanes) is 3. The molecule has 0 heterocycles. The van der Waals surface area contributed by atoms with E-state index in [1.165, 1.54) is 83.5 Å². The molecule has 0 aliphatic heterocycles. The SMILES string of the molecule is CCCCCCC1CCC(/C=C/C#C/C=C/C2CCC(OC)CC2)CC1. The Morgan fingerprint density at radius 1 is 0.769 bits per heavy atom. The summed E-state index contributed by atoms with van der Waals surface area (Å²) in [5.74, 6) is 8.88. The fraction of sp³-hybridized carbons (Fsp3) is 0.760. The molecule has 2 aliphatic rings. The van der Waals surface area contributed by atoms with Crippen LogP contribution >= 0.6 is 0 Å². The second kappa shape index (κ2) is 13.2. The zero-order valence-electron chi connectivity index (χ0n) is 17.2. The molecule has 0 saturated heterocycles. The Kier molecular flexibility index (Phi) is 10.8. The minimum Gasteiger partial charge on any atom is -0.381 e. The topological polar surface area (TPSA) is 9.23 Å². The predicted octanol–water partition coefficient (Wildman–Crippen LogP) is 7.08. The summed E-state index contributed by atoms with van der Waals surface area (Å²) in [5, 5.41) is 0. The molecule has 0 N–H and O–H groups in total. The standard InChI is InChI=1S/C25H40O/c1-3-4-5-8-11-22-14-16-23(17-15-22)12-9-6-7-10-13-24-18-20-25(26-2)21-19-24/h9-10,12-13,22-25H,3-5,8,11,14-21H2,1-2H3/b12-9+,13-10+. The van der Waals surface area contributed by atoms with Gasteiger partial charge in [0.1, 0.15) is 0 Å². The van der Waals surface area contributed by atoms with Crippen molar-refractivity contribution < 1.29 is 4.74 Å². The quantitative estimate of drug-likeness (QED) is 0.333. The van der Waals surface area contributed by atoms with Crippen molar-refractivity contribution in [2.45, 2.75) is 96.5 Å². The minimum atomic E-state index is 0.486. The van der Waals surface area contributed by atoms with Gasteiger partial charge in [-0.2, -0.15) is 0 Å². The molecule has 1 nitrogen and oxygen atoms in total. The van der Waals surface area contributed by atoms with Crippen LogP contribution in [0.4, 0.5) is 0 Å². The van der Waals surface area contributed by atoms with E-state index in [0.717, 1.165) is 11.8 Å². The van der Waals surface area contributed by atoms with Crippen LogP contribution in [0.15, 0.2) is 24.3 Å². The van der Waals surface area contributed by atoms with Gasteiger partial charge in [-0.1, -0.05) is 63.0 Å². The highest BCUT2D eigenvalue weighted by Gasteiger charge is 2.19. The molecule has 2 saturated carbocycles. The first-order valence-electron chi connectivity index (χ1n) is 11.2. The van der Waals surface area contributed by atoms with Crippen molar-refractivity contribution in [2.24, 2.45) is 17.8 Å². The largest absolute Gasteiger partial charge is 0.381 e. The van der Waals surface area contributed by atoms with E-state index < -0.39 is 0 Å². The molecule has 2 fully saturated rings. The van der Waals surface area contributed by atoms with Gasteiger partial charge in [-0.25, -0.2) is 0 Å². The molecule has 0 unspecified atom stereocenters. The number of ether oxygens (including phenoxy) is 1. The Labute approximate surface area is 162 Å². The highest BCUT2D eigenvalue weighted by Crippen LogP contribution is 2.32. The van der Waals surface area contributed by atoms with E-state index in [9.17, 15) is 0 Å². The molecular weight excluding hydrogens is 316 g/mol. The zero-order chi connectivity index (χ0) is 18.5. The summed E-state index contributed by atoms with van der Waals surface area (Å²) in [5.41, 5.74) is 0. The van der Waals surface area contributed by atoms with Crippen molar-refractivity contribution in [3.63, 3.8) is 0 Å². The third kappa shape index (κ3) is 8.59. The van der Waals surface area contributed by atoms with E-state index in [0.29, 0.717) is 12.0 Å². The summed E-state index contributed by atoms with van der Waals surface area (Å²) in [6, 6.07) is 0. The zero-order valence-corrected chi connectivity index (χ0v) is 17.2. The Morgan fingerprint density at radius 2 is 1.35 bits per heavy atom. The first-order chi connectivity index (χ1) is 12.8. The predicted molar refractivity (Wildman–Crippen MR) is 113 cm³/mol. The lowest BCUT2D eigenvalue weighted by atomic mass is 9.79. The summed E-state index contributed by atoms with van der Waals surface area (Å²) >= 11 is 0. The molecule has 0 amide bonds. The fourth-order valence-electron chi connectivity index (χ4n) is 4.51. The minimum absolute atomic E-state index is 0.486. The van der Waals surface area contributed by atoms with Gasteiger partial charge in [0.25, 0.3) is 0 Å². The molecule has 26 heavy (non-hydrogen) atoms. The van der Waals surface area contributed by atoms with E-state index >= 15 is 0 Å². The van der Waals surface area contributed by atoms with Crippen LogP contribution in [0.3, 0.4) is 0 Å². The molecule has 0 radical (unpaired) electrons. The van der Waals surface area contributed by atoms with Crippen LogP contribution in [0.5, 0.6) is 0 Å². The van der Waals surface area contributed by atoms with E-state index in [1.807, 2.05) is 7.11 Å². The maximum Gasteiger partial charge on any atom is 0.0571 e. The summed E-state index contributed by atoms with van der Waals surface area (Å²) < 4.78 is 5.43. The smallest absolute Gasteiger partial charge is 0.0571 e. The van der Waals surface area contributed by atoms with Crippen molar-refractivity contribution in [3.05, 3.63) is 24.3 Å². The van der Waals surface area contributed by atoms with E-state index in [4.69, 9.17) is 4.74 Å². The van der Waals surface area contributed by atoms with Crippen LogP contribution in [0.2, 0.25) is 0 Å². The molecular formula is C25H40O. The average Bonchev–Trinajstić information content (AvgIpc) is 2.69. The number of hydrogen-bond donors (Lipinski definition) is 0. The van der Waals surface area contributed by atoms with Gasteiger partial charge in [-0.05, 0) is 81.3 Å². The van der Waals surface area contributed by atoms with Gasteiger partial charge < -0.3 is 4.74 Å². The second-order valence-electron chi connectivity index (χ2n) is 8.41. The van der Waals surface area contributed by atoms with Gasteiger partial charge in [0, 0.05) is 7.11 Å². The maximum absolute atomic E-state index is 5.43. The van der Waals surface area contributed by atoms with Crippen molar-refractivity contribution >= 4 is 0 Å². The van der Waals surface area contributed by atoms with Crippen LogP contribution in [0.1, 0.15) is 90.4 Å². The highest BCUT2D eigenvalue weighted by molar-refractivity contribution is 5.24. The number of allylic oxidation sites excluding steroid dienone is 4. The van der Waals surface area contributed by atoms with Gasteiger partial charge in [0.15, 0.2) is 0 Å². The van der Waals surface area contributed by atoms with Crippen molar-refractivity contribution in [2.75, 3.05) is 7.11 Å². The molecule has 0 aromatic carbocycles. The first-order valence-corrected chi connectivity index (χ1v) is 11.2. The van der Waals surface area contributed by atoms with E-state index in [1.54, 1.807) is 0 Å². The van der Waals surface area contributed by atoms with Crippen molar-refractivity contribution in [3.8, 4) is 11.8 Å². The Bertz CT molecular complexity index is 462. The van der Waals surface area contributed by atoms with Crippen molar-refractivity contribution in [1.82, 2.24) is 0 Å². The molecule has 0 bridgehead atoms. The molecule has 0 spiro atoms. The molecule has 2 rings (SSSR count). The van der Waals surface area contributed by atoms with Gasteiger partial charge in [0.05, 0.1) is 6.10 Å². The lowest BCUT2D eigenvalue weighted by molar-refractivity contribution is 0.0627. The molecule has 0 atom stereocenters. The van der Waals surface area contributed by atoms with Gasteiger partial charge in [0.2, 0.25) is 0 Å². The first kappa shape index (κ1) is 21.3. The number of rotatable bonds is 8. The van der Waals surface area contributed by atoms with Crippen LogP contribution < -0.4 is 0 Å². The highest BCUT2D eigenvalue weighted by atomic mass is 16.5. The lowest BCUT2D eigenvalue weighted by Crippen LogP contribution is -2.19. The van der Waals surface area contributed by atoms with Gasteiger partial charge in [-0.3, -0.25) is 0 Å². The Hall–Kier alpha value is -1.00. The van der Waals surface area contributed by atoms with Crippen LogP contribution in [0, 0.1) is 29.6 Å². The fourth-order valence-corrected chi connectivity index (χ4v) is 4.51. The van der Waals surface area contributed by atoms with Crippen LogP contribution in [-0.2, 0) is 4.74 Å². The monoisotopic (exact) mass is 356 g/mol. The van der Waals surface area contributed by atoms with E-state index in [2.05, 4.69) is 43.1 Å². The number of methoxy groups -OCH3 is 1. The maximum atomic E-state index is 5.43. The molecule has 1 heteroatoms. The van der Waals surface area contributed by atoms with Crippen molar-refractivity contribution in [1.29, 1.82) is 0 Å². The summed E-state index contributed by atoms with van der Waals surface area (Å²) in [7, 11) is 1.83. The lowest BCUT2D eigenvalue weighted by Gasteiger charge is -2.26. The van der Waals surface area contributed by atoms with Gasteiger partial charge >= 0.3 is 0 Å². The summed E-state index contributed by atoms with van der Waals surface area (Å²) in [6.45, 7) is 2.29.